The van der Waals surface area contributed by atoms with Gasteiger partial charge in [0.25, 0.3) is 5.56 Å². The molecule has 0 aliphatic heterocycles. The van der Waals surface area contributed by atoms with E-state index < -0.39 is 17.2 Å². The molecule has 3 amide bonds. The van der Waals surface area contributed by atoms with Crippen LogP contribution in [0.5, 0.6) is 0 Å². The molecule has 2 aromatic heterocycles. The fourth-order valence-corrected chi connectivity index (χ4v) is 6.08. The number of benzene rings is 1. The highest BCUT2D eigenvalue weighted by molar-refractivity contribution is 8.00. The van der Waals surface area contributed by atoms with Crippen LogP contribution in [0.25, 0.3) is 15.9 Å². The Bertz CT molecular complexity index is 1260. The maximum atomic E-state index is 13.7. The molecule has 0 spiro atoms. The van der Waals surface area contributed by atoms with E-state index in [1.165, 1.54) is 23.7 Å². The van der Waals surface area contributed by atoms with E-state index in [2.05, 4.69) is 10.6 Å². The van der Waals surface area contributed by atoms with Crippen molar-refractivity contribution in [1.82, 2.24) is 20.2 Å². The number of hydrogen-bond acceptors (Lipinski definition) is 6. The number of aromatic nitrogens is 2. The predicted molar refractivity (Wildman–Crippen MR) is 125 cm³/mol. The van der Waals surface area contributed by atoms with E-state index in [0.717, 1.165) is 46.5 Å². The number of carbonyl (C=O) groups is 2. The molecule has 4 rings (SSSR count). The molecule has 1 aliphatic rings. The third-order valence-electron chi connectivity index (χ3n) is 5.42. The standard InChI is InChI=1S/C22H24N4O3S2/c1-11-8-9-15(12(2)10-11)26-20(28)17-14-6-5-7-16(14)31-19(17)25-22(26)30-13(3)18(27)24-21(29)23-4/h8-10,13H,5-7H2,1-4H3,(H2,23,24,27,29). The maximum Gasteiger partial charge on any atom is 0.321 e. The quantitative estimate of drug-likeness (QED) is 0.463. The number of thioether (sulfide) groups is 1. The molecule has 31 heavy (non-hydrogen) atoms. The van der Waals surface area contributed by atoms with Crippen LogP contribution in [0.4, 0.5) is 4.79 Å². The molecule has 3 aromatic rings. The second-order valence-corrected chi connectivity index (χ2v) is 10.1. The number of fused-ring (bicyclic) bond motifs is 3. The molecule has 0 fully saturated rings. The first-order valence-electron chi connectivity index (χ1n) is 10.1. The van der Waals surface area contributed by atoms with Gasteiger partial charge < -0.3 is 5.32 Å². The van der Waals surface area contributed by atoms with Crippen LogP contribution in [0.2, 0.25) is 0 Å². The summed E-state index contributed by atoms with van der Waals surface area (Å²) in [5.74, 6) is -0.445. The van der Waals surface area contributed by atoms with Gasteiger partial charge in [0.1, 0.15) is 4.83 Å². The van der Waals surface area contributed by atoms with Crippen molar-refractivity contribution in [3.05, 3.63) is 50.1 Å². The molecule has 2 heterocycles. The van der Waals surface area contributed by atoms with Crippen LogP contribution in [0.1, 0.15) is 34.9 Å². The third kappa shape index (κ3) is 3.99. The minimum absolute atomic E-state index is 0.0993. The average molecular weight is 457 g/mol. The van der Waals surface area contributed by atoms with E-state index in [4.69, 9.17) is 4.98 Å². The molecule has 1 aliphatic carbocycles. The lowest BCUT2D eigenvalue weighted by Crippen LogP contribution is -2.41. The number of nitrogens with zero attached hydrogens (tertiary/aromatic N) is 2. The fourth-order valence-electron chi connectivity index (χ4n) is 3.86. The highest BCUT2D eigenvalue weighted by atomic mass is 32.2. The van der Waals surface area contributed by atoms with Gasteiger partial charge in [-0.3, -0.25) is 19.5 Å². The summed E-state index contributed by atoms with van der Waals surface area (Å²) in [5, 5.41) is 5.19. The summed E-state index contributed by atoms with van der Waals surface area (Å²) < 4.78 is 1.62. The van der Waals surface area contributed by atoms with Gasteiger partial charge in [-0.15, -0.1) is 11.3 Å². The van der Waals surface area contributed by atoms with Crippen LogP contribution in [0, 0.1) is 13.8 Å². The van der Waals surface area contributed by atoms with Gasteiger partial charge in [0, 0.05) is 11.9 Å². The summed E-state index contributed by atoms with van der Waals surface area (Å²) >= 11 is 2.75. The molecule has 1 unspecified atom stereocenters. The van der Waals surface area contributed by atoms with E-state index in [1.807, 2.05) is 32.0 Å². The van der Waals surface area contributed by atoms with Crippen LogP contribution in [-0.4, -0.2) is 33.8 Å². The Balaban J connectivity index is 1.86. The molecule has 1 atom stereocenters. The van der Waals surface area contributed by atoms with Crippen molar-refractivity contribution < 1.29 is 9.59 Å². The van der Waals surface area contributed by atoms with Crippen molar-refractivity contribution >= 4 is 45.3 Å². The number of thiophene rings is 1. The van der Waals surface area contributed by atoms with Crippen molar-refractivity contribution in [3.8, 4) is 5.69 Å². The van der Waals surface area contributed by atoms with Crippen molar-refractivity contribution in [2.24, 2.45) is 0 Å². The molecule has 9 heteroatoms. The molecule has 0 radical (unpaired) electrons. The Hall–Kier alpha value is -2.65. The minimum Gasteiger partial charge on any atom is -0.341 e. The largest absolute Gasteiger partial charge is 0.341 e. The Morgan fingerprint density at radius 1 is 1.26 bits per heavy atom. The summed E-state index contributed by atoms with van der Waals surface area (Å²) in [6, 6.07) is 5.35. The van der Waals surface area contributed by atoms with Crippen LogP contribution >= 0.6 is 23.1 Å². The number of carbonyl (C=O) groups excluding carboxylic acids is 2. The van der Waals surface area contributed by atoms with E-state index in [9.17, 15) is 14.4 Å². The van der Waals surface area contributed by atoms with Crippen molar-refractivity contribution in [2.75, 3.05) is 7.05 Å². The van der Waals surface area contributed by atoms with Gasteiger partial charge in [-0.1, -0.05) is 29.5 Å². The van der Waals surface area contributed by atoms with Gasteiger partial charge in [0.05, 0.1) is 16.3 Å². The normalized spacial score (nSPS) is 13.8. The molecule has 1 aromatic carbocycles. The van der Waals surface area contributed by atoms with Crippen molar-refractivity contribution in [3.63, 3.8) is 0 Å². The first kappa shape index (κ1) is 21.6. The Labute approximate surface area is 188 Å². The molecule has 162 valence electrons. The first-order chi connectivity index (χ1) is 14.8. The third-order valence-corrected chi connectivity index (χ3v) is 7.65. The lowest BCUT2D eigenvalue weighted by atomic mass is 10.1. The average Bonchev–Trinajstić information content (AvgIpc) is 3.29. The van der Waals surface area contributed by atoms with Crippen molar-refractivity contribution in [1.29, 1.82) is 0 Å². The molecule has 7 nitrogen and oxygen atoms in total. The minimum atomic E-state index is -0.620. The van der Waals surface area contributed by atoms with Crippen LogP contribution in [0.3, 0.4) is 0 Å². The van der Waals surface area contributed by atoms with Crippen molar-refractivity contribution in [2.45, 2.75) is 50.4 Å². The number of amides is 3. The highest BCUT2D eigenvalue weighted by Gasteiger charge is 2.26. The molecule has 0 bridgehead atoms. The zero-order chi connectivity index (χ0) is 22.3. The number of nitrogens with one attached hydrogen (secondary N) is 2. The summed E-state index contributed by atoms with van der Waals surface area (Å²) in [5.41, 5.74) is 3.84. The zero-order valence-corrected chi connectivity index (χ0v) is 19.5. The lowest BCUT2D eigenvalue weighted by molar-refractivity contribution is -0.119. The number of aryl methyl sites for hydroxylation is 4. The maximum absolute atomic E-state index is 13.7. The van der Waals surface area contributed by atoms with Crippen LogP contribution in [0.15, 0.2) is 28.2 Å². The van der Waals surface area contributed by atoms with E-state index in [0.29, 0.717) is 10.5 Å². The SMILES string of the molecule is CNC(=O)NC(=O)C(C)Sc1nc2sc3c(c2c(=O)n1-c1ccc(C)cc1C)CCC3. The first-order valence-corrected chi connectivity index (χ1v) is 11.8. The number of hydrogen-bond donors (Lipinski definition) is 2. The summed E-state index contributed by atoms with van der Waals surface area (Å²) in [6.45, 7) is 5.67. The fraction of sp³-hybridized carbons (Fsp3) is 0.364. The topological polar surface area (TPSA) is 93.1 Å². The van der Waals surface area contributed by atoms with E-state index in [1.54, 1.807) is 22.8 Å². The summed E-state index contributed by atoms with van der Waals surface area (Å²) in [6.07, 6.45) is 2.94. The predicted octanol–water partition coefficient (Wildman–Crippen LogP) is 3.49. The van der Waals surface area contributed by atoms with Gasteiger partial charge in [0.2, 0.25) is 5.91 Å². The van der Waals surface area contributed by atoms with E-state index in [-0.39, 0.29) is 5.56 Å². The lowest BCUT2D eigenvalue weighted by Gasteiger charge is -2.17. The second-order valence-electron chi connectivity index (χ2n) is 7.69. The molecular formula is C22H24N4O3S2. The monoisotopic (exact) mass is 456 g/mol. The summed E-state index contributed by atoms with van der Waals surface area (Å²) in [7, 11) is 1.45. The van der Waals surface area contributed by atoms with Crippen LogP contribution in [-0.2, 0) is 17.6 Å². The Kier molecular flexibility index (Phi) is 5.90. The number of rotatable bonds is 4. The van der Waals surface area contributed by atoms with Gasteiger partial charge >= 0.3 is 6.03 Å². The smallest absolute Gasteiger partial charge is 0.321 e. The number of urea groups is 1. The van der Waals surface area contributed by atoms with E-state index >= 15 is 0 Å². The summed E-state index contributed by atoms with van der Waals surface area (Å²) in [4.78, 5) is 44.5. The van der Waals surface area contributed by atoms with Gasteiger partial charge in [-0.05, 0) is 57.2 Å². The Morgan fingerprint density at radius 3 is 2.74 bits per heavy atom. The van der Waals surface area contributed by atoms with Gasteiger partial charge in [0.15, 0.2) is 5.16 Å². The molecular weight excluding hydrogens is 432 g/mol. The van der Waals surface area contributed by atoms with Gasteiger partial charge in [-0.2, -0.15) is 0 Å². The highest BCUT2D eigenvalue weighted by Crippen LogP contribution is 2.36. The molecule has 2 N–H and O–H groups in total. The second kappa shape index (κ2) is 8.47. The zero-order valence-electron chi connectivity index (χ0n) is 17.9. The van der Waals surface area contributed by atoms with Gasteiger partial charge in [-0.25, -0.2) is 9.78 Å². The van der Waals surface area contributed by atoms with Crippen LogP contribution < -0.4 is 16.2 Å². The molecule has 0 saturated heterocycles. The number of imide groups is 1. The molecule has 0 saturated carbocycles. The Morgan fingerprint density at radius 2 is 2.03 bits per heavy atom.